The first-order valence-corrected chi connectivity index (χ1v) is 7.33. The van der Waals surface area contributed by atoms with E-state index in [1.54, 1.807) is 0 Å². The van der Waals surface area contributed by atoms with Crippen LogP contribution in [0.1, 0.15) is 18.1 Å². The van der Waals surface area contributed by atoms with Crippen LogP contribution in [0.25, 0.3) is 11.1 Å². The Morgan fingerprint density at radius 2 is 1.90 bits per heavy atom. The number of fused-ring (bicyclic) bond motifs is 3. The molecule has 0 bridgehead atoms. The monoisotopic (exact) mass is 292 g/mol. The molecule has 102 valence electrons. The Labute approximate surface area is 128 Å². The van der Waals surface area contributed by atoms with Crippen LogP contribution in [0, 0.1) is 5.92 Å². The molecule has 1 aromatic carbocycles. The average molecular weight is 293 g/mol. The minimum absolute atomic E-state index is 0.275. The molecule has 1 aromatic heterocycles. The van der Waals surface area contributed by atoms with Gasteiger partial charge in [-0.1, -0.05) is 30.7 Å². The summed E-state index contributed by atoms with van der Waals surface area (Å²) in [5, 5.41) is 0.765. The van der Waals surface area contributed by atoms with Crippen LogP contribution in [-0.4, -0.2) is 10.7 Å². The minimum atomic E-state index is 0.275. The molecule has 1 unspecified atom stereocenters. The van der Waals surface area contributed by atoms with Crippen LogP contribution in [0.2, 0.25) is 5.02 Å². The minimum Gasteiger partial charge on any atom is -0.265 e. The van der Waals surface area contributed by atoms with Crippen molar-refractivity contribution in [2.45, 2.75) is 6.92 Å². The molecule has 0 fully saturated rings. The molecule has 0 N–H and O–H groups in total. The lowest BCUT2D eigenvalue weighted by atomic mass is 9.85. The van der Waals surface area contributed by atoms with E-state index in [9.17, 15) is 0 Å². The fourth-order valence-corrected chi connectivity index (χ4v) is 3.23. The molecule has 0 saturated carbocycles. The third-order valence-electron chi connectivity index (χ3n) is 3.95. The third kappa shape index (κ3) is 1.95. The number of hydrogen-bond donors (Lipinski definition) is 0. The quantitative estimate of drug-likeness (QED) is 0.731. The van der Waals surface area contributed by atoms with Crippen molar-refractivity contribution in [1.29, 1.82) is 0 Å². The lowest BCUT2D eigenvalue weighted by molar-refractivity contribution is 1.01. The second-order valence-corrected chi connectivity index (χ2v) is 5.74. The highest BCUT2D eigenvalue weighted by Crippen LogP contribution is 2.44. The number of nitrogens with zero attached hydrogens (tertiary/aromatic N) is 2. The maximum atomic E-state index is 6.39. The van der Waals surface area contributed by atoms with Gasteiger partial charge >= 0.3 is 0 Å². The molecular formula is C18H13ClN2. The Balaban J connectivity index is 1.89. The van der Waals surface area contributed by atoms with Gasteiger partial charge in [0.05, 0.1) is 16.4 Å². The topological polar surface area (TPSA) is 25.2 Å². The van der Waals surface area contributed by atoms with Crippen molar-refractivity contribution in [2.24, 2.45) is 10.9 Å². The number of hydrogen-bond acceptors (Lipinski definition) is 2. The summed E-state index contributed by atoms with van der Waals surface area (Å²) in [5.74, 6) is 0.275. The number of halogens is 1. The van der Waals surface area contributed by atoms with Crippen molar-refractivity contribution in [3.05, 3.63) is 71.0 Å². The van der Waals surface area contributed by atoms with E-state index >= 15 is 0 Å². The van der Waals surface area contributed by atoms with E-state index in [-0.39, 0.29) is 5.92 Å². The first-order valence-electron chi connectivity index (χ1n) is 6.96. The zero-order valence-corrected chi connectivity index (χ0v) is 12.3. The first-order chi connectivity index (χ1) is 10.2. The van der Waals surface area contributed by atoms with Gasteiger partial charge in [0.25, 0.3) is 0 Å². The second kappa shape index (κ2) is 4.68. The normalized spacial score (nSPS) is 19.3. The summed E-state index contributed by atoms with van der Waals surface area (Å²) >= 11 is 6.39. The zero-order chi connectivity index (χ0) is 14.4. The van der Waals surface area contributed by atoms with Crippen LogP contribution < -0.4 is 0 Å². The summed E-state index contributed by atoms with van der Waals surface area (Å²) in [5.41, 5.74) is 6.66. The Morgan fingerprint density at radius 1 is 1.10 bits per heavy atom. The van der Waals surface area contributed by atoms with E-state index in [0.29, 0.717) is 0 Å². The highest BCUT2D eigenvalue weighted by atomic mass is 35.5. The molecule has 1 aliphatic carbocycles. The summed E-state index contributed by atoms with van der Waals surface area (Å²) in [6.07, 6.45) is 8.07. The predicted molar refractivity (Wildman–Crippen MR) is 87.9 cm³/mol. The van der Waals surface area contributed by atoms with Gasteiger partial charge in [-0.3, -0.25) is 9.98 Å². The van der Waals surface area contributed by atoms with Gasteiger partial charge < -0.3 is 0 Å². The van der Waals surface area contributed by atoms with Crippen molar-refractivity contribution in [2.75, 3.05) is 0 Å². The van der Waals surface area contributed by atoms with E-state index in [2.05, 4.69) is 24.1 Å². The van der Waals surface area contributed by atoms with Gasteiger partial charge in [0.1, 0.15) is 0 Å². The van der Waals surface area contributed by atoms with Gasteiger partial charge in [0, 0.05) is 29.4 Å². The number of benzene rings is 1. The molecule has 2 nitrogen and oxygen atoms in total. The molecule has 2 heterocycles. The van der Waals surface area contributed by atoms with Crippen molar-refractivity contribution < 1.29 is 0 Å². The number of aliphatic imine (C=N–C) groups is 1. The van der Waals surface area contributed by atoms with Crippen LogP contribution in [0.3, 0.4) is 0 Å². The maximum Gasteiger partial charge on any atom is 0.0727 e. The summed E-state index contributed by atoms with van der Waals surface area (Å²) < 4.78 is 0. The van der Waals surface area contributed by atoms with Gasteiger partial charge in [-0.15, -0.1) is 0 Å². The van der Waals surface area contributed by atoms with E-state index in [1.165, 1.54) is 11.1 Å². The molecular weight excluding hydrogens is 280 g/mol. The maximum absolute atomic E-state index is 6.39. The summed E-state index contributed by atoms with van der Waals surface area (Å²) in [7, 11) is 0. The molecule has 21 heavy (non-hydrogen) atoms. The largest absolute Gasteiger partial charge is 0.265 e. The SMILES string of the molecule is CC1C=C(c2ccncc2)C=C2C1=Nc1cccc(Cl)c12. The van der Waals surface area contributed by atoms with Crippen LogP contribution in [-0.2, 0) is 0 Å². The second-order valence-electron chi connectivity index (χ2n) is 5.34. The highest BCUT2D eigenvalue weighted by molar-refractivity contribution is 6.40. The van der Waals surface area contributed by atoms with E-state index in [1.807, 2.05) is 42.7 Å². The summed E-state index contributed by atoms with van der Waals surface area (Å²) in [4.78, 5) is 8.83. The molecule has 2 aromatic rings. The number of allylic oxidation sites excluding steroid dienone is 4. The smallest absolute Gasteiger partial charge is 0.0727 e. The first kappa shape index (κ1) is 12.5. The van der Waals surface area contributed by atoms with Crippen LogP contribution in [0.5, 0.6) is 0 Å². The third-order valence-corrected chi connectivity index (χ3v) is 4.27. The van der Waals surface area contributed by atoms with Crippen LogP contribution in [0.4, 0.5) is 5.69 Å². The molecule has 0 spiro atoms. The van der Waals surface area contributed by atoms with Gasteiger partial charge in [-0.25, -0.2) is 0 Å². The Kier molecular flexibility index (Phi) is 2.79. The average Bonchev–Trinajstić information content (AvgIpc) is 2.89. The zero-order valence-electron chi connectivity index (χ0n) is 11.5. The molecule has 0 amide bonds. The number of rotatable bonds is 1. The predicted octanol–water partition coefficient (Wildman–Crippen LogP) is 4.94. The van der Waals surface area contributed by atoms with Crippen molar-refractivity contribution in [3.63, 3.8) is 0 Å². The lowest BCUT2D eigenvalue weighted by Crippen LogP contribution is -2.12. The molecule has 1 aliphatic heterocycles. The van der Waals surface area contributed by atoms with Gasteiger partial charge in [-0.2, -0.15) is 0 Å². The van der Waals surface area contributed by atoms with Crippen molar-refractivity contribution >= 4 is 34.1 Å². The van der Waals surface area contributed by atoms with Crippen LogP contribution >= 0.6 is 11.6 Å². The molecule has 2 aliphatic rings. The Morgan fingerprint density at radius 3 is 2.71 bits per heavy atom. The van der Waals surface area contributed by atoms with Crippen molar-refractivity contribution in [1.82, 2.24) is 4.98 Å². The van der Waals surface area contributed by atoms with E-state index in [0.717, 1.165) is 27.6 Å². The van der Waals surface area contributed by atoms with E-state index in [4.69, 9.17) is 16.6 Å². The summed E-state index contributed by atoms with van der Waals surface area (Å²) in [6.45, 7) is 2.17. The number of pyridine rings is 1. The standard InChI is InChI=1S/C18H13ClN2/c1-11-9-13(12-5-7-20-8-6-12)10-14-17-15(19)3-2-4-16(17)21-18(11)14/h2-11H,1H3. The molecule has 3 heteroatoms. The van der Waals surface area contributed by atoms with Crippen LogP contribution in [0.15, 0.2) is 59.9 Å². The molecule has 0 radical (unpaired) electrons. The van der Waals surface area contributed by atoms with Gasteiger partial charge in [-0.05, 0) is 41.5 Å². The lowest BCUT2D eigenvalue weighted by Gasteiger charge is -2.18. The Hall–Kier alpha value is -2.19. The number of aromatic nitrogens is 1. The van der Waals surface area contributed by atoms with Crippen molar-refractivity contribution in [3.8, 4) is 0 Å². The highest BCUT2D eigenvalue weighted by Gasteiger charge is 2.29. The molecule has 4 rings (SSSR count). The van der Waals surface area contributed by atoms with E-state index < -0.39 is 0 Å². The Bertz CT molecular complexity index is 816. The summed E-state index contributed by atoms with van der Waals surface area (Å²) in [6, 6.07) is 9.95. The van der Waals surface area contributed by atoms with Gasteiger partial charge in [0.2, 0.25) is 0 Å². The van der Waals surface area contributed by atoms with Gasteiger partial charge in [0.15, 0.2) is 0 Å². The fourth-order valence-electron chi connectivity index (χ4n) is 2.96. The molecule has 1 atom stereocenters. The molecule has 0 saturated heterocycles. The fraction of sp³-hybridized carbons (Fsp3) is 0.111.